The molecule has 1 heterocycles. The molecule has 0 radical (unpaired) electrons. The summed E-state index contributed by atoms with van der Waals surface area (Å²) in [6, 6.07) is 70.3. The minimum Gasteiger partial charge on any atom is -0.310 e. The van der Waals surface area contributed by atoms with E-state index in [1.807, 2.05) is 42.5 Å². The maximum Gasteiger partial charge on any atom is 0.210 e. The Labute approximate surface area is 320 Å². The van der Waals surface area contributed by atoms with Gasteiger partial charge in [-0.05, 0) is 105 Å². The summed E-state index contributed by atoms with van der Waals surface area (Å²) in [6.45, 7) is 0. The highest BCUT2D eigenvalue weighted by atomic mass is 32.2. The predicted molar refractivity (Wildman–Crippen MR) is 227 cm³/mol. The number of hydrogen-bond donors (Lipinski definition) is 0. The van der Waals surface area contributed by atoms with Crippen LogP contribution in [-0.2, 0) is 9.84 Å². The van der Waals surface area contributed by atoms with E-state index in [1.54, 1.807) is 24.3 Å². The zero-order valence-electron chi connectivity index (χ0n) is 29.7. The molecule has 5 heteroatoms. The molecule has 0 saturated heterocycles. The molecule has 0 bridgehead atoms. The molecule has 9 aromatic rings. The van der Waals surface area contributed by atoms with Crippen molar-refractivity contribution in [1.82, 2.24) is 0 Å². The maximum absolute atomic E-state index is 13.6. The minimum absolute atomic E-state index is 0.307. The van der Waals surface area contributed by atoms with E-state index < -0.39 is 9.84 Å². The highest BCUT2D eigenvalue weighted by Gasteiger charge is 2.34. The topological polar surface area (TPSA) is 40.6 Å². The normalized spacial score (nSPS) is 13.0. The van der Waals surface area contributed by atoms with Crippen molar-refractivity contribution < 1.29 is 8.42 Å². The van der Waals surface area contributed by atoms with Crippen molar-refractivity contribution in [1.29, 1.82) is 0 Å². The number of anilines is 6. The van der Waals surface area contributed by atoms with E-state index in [4.69, 9.17) is 0 Å². The van der Waals surface area contributed by atoms with Crippen LogP contribution in [0.5, 0.6) is 0 Å². The van der Waals surface area contributed by atoms with Gasteiger partial charge in [-0.1, -0.05) is 140 Å². The predicted octanol–water partition coefficient (Wildman–Crippen LogP) is 13.4. The van der Waals surface area contributed by atoms with Crippen molar-refractivity contribution >= 4 is 65.5 Å². The summed E-state index contributed by atoms with van der Waals surface area (Å²) in [4.78, 5) is 5.02. The summed E-state index contributed by atoms with van der Waals surface area (Å²) >= 11 is 0. The minimum atomic E-state index is -3.65. The van der Waals surface area contributed by atoms with Crippen molar-refractivity contribution in [3.8, 4) is 22.3 Å². The molecule has 0 aliphatic carbocycles. The standard InChI is InChI=1S/C50H34N2O2S/c53-55(54)49-23-10-8-21-46(49)52(47-22-9-11-24-50(47)55)42-17-12-16-38(33-42)37-27-31-41(32-28-37)51(40-29-25-36(26-30-40)35-13-2-1-3-14-35)48-34-39-15-4-5-18-43(39)44-19-6-7-20-45(44)48/h1-34H. The molecule has 0 aromatic heterocycles. The third-order valence-corrected chi connectivity index (χ3v) is 12.4. The molecule has 9 aromatic carbocycles. The van der Waals surface area contributed by atoms with Crippen molar-refractivity contribution in [2.75, 3.05) is 9.80 Å². The summed E-state index contributed by atoms with van der Waals surface area (Å²) < 4.78 is 27.3. The van der Waals surface area contributed by atoms with Crippen LogP contribution >= 0.6 is 0 Å². The largest absolute Gasteiger partial charge is 0.310 e. The molecule has 10 rings (SSSR count). The Balaban J connectivity index is 1.08. The van der Waals surface area contributed by atoms with Gasteiger partial charge in [-0.15, -0.1) is 0 Å². The fraction of sp³-hybridized carbons (Fsp3) is 0. The highest BCUT2D eigenvalue weighted by molar-refractivity contribution is 7.92. The Bertz CT molecular complexity index is 2940. The van der Waals surface area contributed by atoms with Gasteiger partial charge in [0.05, 0.1) is 26.9 Å². The average Bonchev–Trinajstić information content (AvgIpc) is 3.25. The van der Waals surface area contributed by atoms with E-state index in [0.717, 1.165) is 33.9 Å². The highest BCUT2D eigenvalue weighted by Crippen LogP contribution is 2.49. The Morgan fingerprint density at radius 2 is 0.873 bits per heavy atom. The second-order valence-corrected chi connectivity index (χ2v) is 15.7. The molecule has 0 amide bonds. The van der Waals surface area contributed by atoms with E-state index in [1.165, 1.54) is 32.7 Å². The number of para-hydroxylation sites is 2. The Morgan fingerprint density at radius 3 is 1.53 bits per heavy atom. The van der Waals surface area contributed by atoms with E-state index in [-0.39, 0.29) is 0 Å². The van der Waals surface area contributed by atoms with E-state index in [2.05, 4.69) is 149 Å². The lowest BCUT2D eigenvalue weighted by Crippen LogP contribution is -2.22. The quantitative estimate of drug-likeness (QED) is 0.160. The second-order valence-electron chi connectivity index (χ2n) is 13.8. The smallest absolute Gasteiger partial charge is 0.210 e. The maximum atomic E-state index is 13.6. The molecule has 262 valence electrons. The fourth-order valence-electron chi connectivity index (χ4n) is 7.97. The van der Waals surface area contributed by atoms with Crippen molar-refractivity contribution in [2.24, 2.45) is 0 Å². The average molecular weight is 727 g/mol. The number of sulfone groups is 1. The van der Waals surface area contributed by atoms with Crippen LogP contribution < -0.4 is 9.80 Å². The molecule has 4 nitrogen and oxygen atoms in total. The van der Waals surface area contributed by atoms with Gasteiger partial charge < -0.3 is 9.80 Å². The van der Waals surface area contributed by atoms with Crippen molar-refractivity contribution in [3.05, 3.63) is 206 Å². The molecule has 0 unspecified atom stereocenters. The Hall–Kier alpha value is -6.95. The van der Waals surface area contributed by atoms with E-state index >= 15 is 0 Å². The fourth-order valence-corrected chi connectivity index (χ4v) is 9.59. The molecule has 55 heavy (non-hydrogen) atoms. The number of nitrogens with zero attached hydrogens (tertiary/aromatic N) is 2. The first kappa shape index (κ1) is 32.7. The first-order chi connectivity index (χ1) is 27.0. The molecule has 0 N–H and O–H groups in total. The van der Waals surface area contributed by atoms with Crippen LogP contribution in [0.25, 0.3) is 43.8 Å². The molecule has 1 aliphatic rings. The van der Waals surface area contributed by atoms with Crippen LogP contribution in [0.15, 0.2) is 216 Å². The number of rotatable bonds is 6. The number of benzene rings is 9. The third kappa shape index (κ3) is 5.56. The summed E-state index contributed by atoms with van der Waals surface area (Å²) in [7, 11) is -3.65. The van der Waals surface area contributed by atoms with Gasteiger partial charge in [0.1, 0.15) is 0 Å². The summed E-state index contributed by atoms with van der Waals surface area (Å²) in [5.74, 6) is 0. The summed E-state index contributed by atoms with van der Waals surface area (Å²) in [5.41, 5.74) is 9.82. The Morgan fingerprint density at radius 1 is 0.382 bits per heavy atom. The van der Waals surface area contributed by atoms with Crippen molar-refractivity contribution in [3.63, 3.8) is 0 Å². The molecule has 0 atom stereocenters. The van der Waals surface area contributed by atoms with Gasteiger partial charge in [-0.25, -0.2) is 8.42 Å². The molecular formula is C50H34N2O2S. The van der Waals surface area contributed by atoms with Gasteiger partial charge in [0.2, 0.25) is 9.84 Å². The monoisotopic (exact) mass is 726 g/mol. The van der Waals surface area contributed by atoms with Crippen LogP contribution in [0, 0.1) is 0 Å². The second kappa shape index (κ2) is 13.2. The van der Waals surface area contributed by atoms with Crippen LogP contribution in [0.2, 0.25) is 0 Å². The van der Waals surface area contributed by atoms with Gasteiger partial charge in [0.25, 0.3) is 0 Å². The van der Waals surface area contributed by atoms with Gasteiger partial charge in [0.15, 0.2) is 0 Å². The Kier molecular flexibility index (Phi) is 7.82. The number of fused-ring (bicyclic) bond motifs is 5. The third-order valence-electron chi connectivity index (χ3n) is 10.6. The SMILES string of the molecule is O=S1(=O)c2ccccc2N(c2cccc(-c3ccc(N(c4ccc(-c5ccccc5)cc4)c4cc5ccccc5c5ccccc45)cc3)c2)c2ccccc21. The van der Waals surface area contributed by atoms with Crippen LogP contribution in [0.4, 0.5) is 34.1 Å². The lowest BCUT2D eigenvalue weighted by atomic mass is 9.98. The van der Waals surface area contributed by atoms with Gasteiger partial charge in [-0.3, -0.25) is 0 Å². The molecule has 0 saturated carbocycles. The van der Waals surface area contributed by atoms with Gasteiger partial charge in [-0.2, -0.15) is 0 Å². The van der Waals surface area contributed by atoms with Crippen LogP contribution in [-0.4, -0.2) is 8.42 Å². The summed E-state index contributed by atoms with van der Waals surface area (Å²) in [6.07, 6.45) is 0. The van der Waals surface area contributed by atoms with Crippen LogP contribution in [0.3, 0.4) is 0 Å². The van der Waals surface area contributed by atoms with E-state index in [0.29, 0.717) is 21.2 Å². The lowest BCUT2D eigenvalue weighted by Gasteiger charge is -2.33. The zero-order chi connectivity index (χ0) is 36.9. The van der Waals surface area contributed by atoms with Gasteiger partial charge >= 0.3 is 0 Å². The first-order valence-corrected chi connectivity index (χ1v) is 19.8. The molecule has 0 spiro atoms. The summed E-state index contributed by atoms with van der Waals surface area (Å²) in [5, 5.41) is 4.80. The van der Waals surface area contributed by atoms with Crippen LogP contribution in [0.1, 0.15) is 0 Å². The zero-order valence-corrected chi connectivity index (χ0v) is 30.6. The van der Waals surface area contributed by atoms with E-state index in [9.17, 15) is 8.42 Å². The first-order valence-electron chi connectivity index (χ1n) is 18.3. The van der Waals surface area contributed by atoms with Gasteiger partial charge in [0, 0.05) is 22.4 Å². The van der Waals surface area contributed by atoms with Crippen molar-refractivity contribution in [2.45, 2.75) is 9.79 Å². The molecule has 0 fully saturated rings. The molecule has 1 aliphatic heterocycles. The lowest BCUT2D eigenvalue weighted by molar-refractivity contribution is 0.595. The number of hydrogen-bond acceptors (Lipinski definition) is 4. The molecular weight excluding hydrogens is 693 g/mol.